The lowest BCUT2D eigenvalue weighted by molar-refractivity contribution is 0.171. The summed E-state index contributed by atoms with van der Waals surface area (Å²) in [4.78, 5) is 1.21. The van der Waals surface area contributed by atoms with E-state index >= 15 is 0 Å². The molecule has 0 aromatic heterocycles. The van der Waals surface area contributed by atoms with Gasteiger partial charge in [0.05, 0.1) is 0 Å². The van der Waals surface area contributed by atoms with Crippen molar-refractivity contribution in [3.63, 3.8) is 0 Å². The van der Waals surface area contributed by atoms with Gasteiger partial charge in [0.2, 0.25) is 0 Å². The first-order valence-corrected chi connectivity index (χ1v) is 7.67. The third-order valence-corrected chi connectivity index (χ3v) is 4.15. The second kappa shape index (κ2) is 6.09. The molecule has 1 aliphatic heterocycles. The summed E-state index contributed by atoms with van der Waals surface area (Å²) < 4.78 is 11.1. The van der Waals surface area contributed by atoms with Crippen LogP contribution in [0.1, 0.15) is 5.56 Å². The first kappa shape index (κ1) is 13.2. The van der Waals surface area contributed by atoms with E-state index in [1.807, 2.05) is 30.0 Å². The van der Waals surface area contributed by atoms with Crippen LogP contribution in [0.5, 0.6) is 11.5 Å². The smallest absolute Gasteiger partial charge is 0.162 e. The number of anilines is 1. The molecule has 2 aromatic rings. The van der Waals surface area contributed by atoms with Gasteiger partial charge in [-0.1, -0.05) is 12.1 Å². The number of fused-ring (bicyclic) bond motifs is 1. The van der Waals surface area contributed by atoms with Crippen LogP contribution in [0.4, 0.5) is 5.69 Å². The molecule has 104 valence electrons. The van der Waals surface area contributed by atoms with Crippen molar-refractivity contribution in [1.29, 1.82) is 0 Å². The van der Waals surface area contributed by atoms with E-state index in [0.29, 0.717) is 13.2 Å². The monoisotopic (exact) mass is 287 g/mol. The Balaban J connectivity index is 1.57. The fourth-order valence-electron chi connectivity index (χ4n) is 2.08. The fourth-order valence-corrected chi connectivity index (χ4v) is 3.01. The molecule has 0 radical (unpaired) electrons. The predicted octanol–water partition coefficient (Wildman–Crippen LogP) is 3.37. The number of thioether (sulfide) groups is 1. The van der Waals surface area contributed by atoms with Crippen molar-refractivity contribution in [2.24, 2.45) is 0 Å². The quantitative estimate of drug-likeness (QED) is 0.691. The minimum absolute atomic E-state index is 0.632. The van der Waals surface area contributed by atoms with Gasteiger partial charge in [0.1, 0.15) is 13.2 Å². The fraction of sp³-hybridized carbons (Fsp3) is 0.250. The molecule has 0 atom stereocenters. The number of hydrogen-bond donors (Lipinski definition) is 1. The van der Waals surface area contributed by atoms with Crippen molar-refractivity contribution in [2.45, 2.75) is 11.3 Å². The number of nitrogen functional groups attached to an aromatic ring is 1. The van der Waals surface area contributed by atoms with Crippen LogP contribution in [-0.2, 0) is 6.42 Å². The van der Waals surface area contributed by atoms with Crippen molar-refractivity contribution in [3.8, 4) is 11.5 Å². The van der Waals surface area contributed by atoms with Gasteiger partial charge in [-0.3, -0.25) is 0 Å². The van der Waals surface area contributed by atoms with Crippen molar-refractivity contribution >= 4 is 17.4 Å². The zero-order valence-corrected chi connectivity index (χ0v) is 12.0. The van der Waals surface area contributed by atoms with E-state index in [4.69, 9.17) is 15.2 Å². The molecular weight excluding hydrogens is 270 g/mol. The summed E-state index contributed by atoms with van der Waals surface area (Å²) in [6.07, 6.45) is 1.03. The zero-order valence-electron chi connectivity index (χ0n) is 11.2. The Morgan fingerprint density at radius 2 is 1.70 bits per heavy atom. The molecule has 0 saturated carbocycles. The average Bonchev–Trinajstić information content (AvgIpc) is 2.49. The molecule has 0 saturated heterocycles. The third-order valence-electron chi connectivity index (χ3n) is 3.15. The standard InChI is InChI=1S/C16H17NO2S/c17-13-3-1-12(2-4-13)7-10-20-14-5-6-15-16(11-14)19-9-8-18-15/h1-6,11H,7-10,17H2. The second-order valence-electron chi connectivity index (χ2n) is 4.65. The number of ether oxygens (including phenoxy) is 2. The van der Waals surface area contributed by atoms with E-state index in [2.05, 4.69) is 24.3 Å². The van der Waals surface area contributed by atoms with E-state index in [0.717, 1.165) is 29.4 Å². The maximum Gasteiger partial charge on any atom is 0.162 e. The molecule has 3 rings (SSSR count). The Labute approximate surface area is 123 Å². The number of rotatable bonds is 4. The lowest BCUT2D eigenvalue weighted by Gasteiger charge is -2.18. The predicted molar refractivity (Wildman–Crippen MR) is 82.7 cm³/mol. The number of nitrogens with two attached hydrogens (primary N) is 1. The van der Waals surface area contributed by atoms with Gasteiger partial charge < -0.3 is 15.2 Å². The van der Waals surface area contributed by atoms with E-state index in [1.165, 1.54) is 10.5 Å². The molecule has 1 heterocycles. The molecule has 2 aromatic carbocycles. The van der Waals surface area contributed by atoms with Crippen molar-refractivity contribution < 1.29 is 9.47 Å². The Morgan fingerprint density at radius 1 is 0.950 bits per heavy atom. The summed E-state index contributed by atoms with van der Waals surface area (Å²) in [5.74, 6) is 2.73. The summed E-state index contributed by atoms with van der Waals surface area (Å²) >= 11 is 1.83. The van der Waals surface area contributed by atoms with Crippen LogP contribution in [-0.4, -0.2) is 19.0 Å². The molecule has 1 aliphatic rings. The summed E-state index contributed by atoms with van der Waals surface area (Å²) in [6.45, 7) is 1.27. The number of benzene rings is 2. The highest BCUT2D eigenvalue weighted by Gasteiger charge is 2.11. The highest BCUT2D eigenvalue weighted by Crippen LogP contribution is 2.34. The van der Waals surface area contributed by atoms with Crippen LogP contribution >= 0.6 is 11.8 Å². The topological polar surface area (TPSA) is 44.5 Å². The normalized spacial score (nSPS) is 13.2. The SMILES string of the molecule is Nc1ccc(CCSc2ccc3c(c2)OCCO3)cc1. The first-order chi connectivity index (χ1) is 9.81. The molecule has 0 bridgehead atoms. The summed E-state index contributed by atoms with van der Waals surface area (Å²) in [7, 11) is 0. The lowest BCUT2D eigenvalue weighted by atomic mass is 10.2. The molecule has 3 nitrogen and oxygen atoms in total. The molecule has 4 heteroatoms. The van der Waals surface area contributed by atoms with Crippen LogP contribution in [0.2, 0.25) is 0 Å². The Morgan fingerprint density at radius 3 is 2.50 bits per heavy atom. The van der Waals surface area contributed by atoms with Gasteiger partial charge in [-0.15, -0.1) is 11.8 Å². The average molecular weight is 287 g/mol. The lowest BCUT2D eigenvalue weighted by Crippen LogP contribution is -2.15. The number of hydrogen-bond acceptors (Lipinski definition) is 4. The van der Waals surface area contributed by atoms with E-state index in [-0.39, 0.29) is 0 Å². The van der Waals surface area contributed by atoms with Crippen molar-refractivity contribution in [3.05, 3.63) is 48.0 Å². The molecule has 0 amide bonds. The van der Waals surface area contributed by atoms with E-state index in [1.54, 1.807) is 0 Å². The minimum Gasteiger partial charge on any atom is -0.486 e. The van der Waals surface area contributed by atoms with Gasteiger partial charge in [-0.2, -0.15) is 0 Å². The maximum absolute atomic E-state index is 5.68. The summed E-state index contributed by atoms with van der Waals surface area (Å²) in [5.41, 5.74) is 7.80. The summed E-state index contributed by atoms with van der Waals surface area (Å²) in [5, 5.41) is 0. The van der Waals surface area contributed by atoms with E-state index in [9.17, 15) is 0 Å². The van der Waals surface area contributed by atoms with Crippen LogP contribution in [0.15, 0.2) is 47.4 Å². The highest BCUT2D eigenvalue weighted by molar-refractivity contribution is 7.99. The first-order valence-electron chi connectivity index (χ1n) is 6.68. The Bertz CT molecular complexity index is 584. The van der Waals surface area contributed by atoms with E-state index < -0.39 is 0 Å². The van der Waals surface area contributed by atoms with Crippen molar-refractivity contribution in [2.75, 3.05) is 24.7 Å². The second-order valence-corrected chi connectivity index (χ2v) is 5.81. The minimum atomic E-state index is 0.632. The molecule has 0 fully saturated rings. The maximum atomic E-state index is 5.68. The summed E-state index contributed by atoms with van der Waals surface area (Å²) in [6, 6.07) is 14.2. The van der Waals surface area contributed by atoms with Gasteiger partial charge in [0.25, 0.3) is 0 Å². The van der Waals surface area contributed by atoms with Gasteiger partial charge in [0.15, 0.2) is 11.5 Å². The molecule has 0 spiro atoms. The Hall–Kier alpha value is -1.81. The third kappa shape index (κ3) is 3.20. The van der Waals surface area contributed by atoms with Crippen LogP contribution < -0.4 is 15.2 Å². The van der Waals surface area contributed by atoms with Crippen LogP contribution in [0.25, 0.3) is 0 Å². The van der Waals surface area contributed by atoms with Crippen molar-refractivity contribution in [1.82, 2.24) is 0 Å². The molecule has 0 aliphatic carbocycles. The van der Waals surface area contributed by atoms with Crippen LogP contribution in [0, 0.1) is 0 Å². The molecular formula is C16H17NO2S. The molecule has 2 N–H and O–H groups in total. The molecule has 20 heavy (non-hydrogen) atoms. The Kier molecular flexibility index (Phi) is 4.02. The molecule has 0 unspecified atom stereocenters. The van der Waals surface area contributed by atoms with Gasteiger partial charge in [-0.05, 0) is 42.3 Å². The number of aryl methyl sites for hydroxylation is 1. The highest BCUT2D eigenvalue weighted by atomic mass is 32.2. The largest absolute Gasteiger partial charge is 0.486 e. The van der Waals surface area contributed by atoms with Crippen LogP contribution in [0.3, 0.4) is 0 Å². The van der Waals surface area contributed by atoms with Gasteiger partial charge >= 0.3 is 0 Å². The zero-order chi connectivity index (χ0) is 13.8. The van der Waals surface area contributed by atoms with Gasteiger partial charge in [-0.25, -0.2) is 0 Å². The van der Waals surface area contributed by atoms with Gasteiger partial charge in [0, 0.05) is 16.3 Å².